The zero-order chi connectivity index (χ0) is 18.5. The summed E-state index contributed by atoms with van der Waals surface area (Å²) in [6.07, 6.45) is 3.49. The molecule has 138 valence electrons. The van der Waals surface area contributed by atoms with E-state index in [9.17, 15) is 4.79 Å². The minimum atomic E-state index is -0.128. The number of halogens is 2. The number of hydrogen-bond acceptors (Lipinski definition) is 5. The number of carbonyl (C=O) groups is 1. The van der Waals surface area contributed by atoms with Gasteiger partial charge in [0.15, 0.2) is 0 Å². The third-order valence-electron chi connectivity index (χ3n) is 4.40. The highest BCUT2D eigenvalue weighted by Crippen LogP contribution is 2.25. The zero-order valence-corrected chi connectivity index (χ0v) is 16.0. The van der Waals surface area contributed by atoms with E-state index in [4.69, 9.17) is 23.2 Å². The molecule has 1 atom stereocenters. The molecule has 8 heteroatoms. The molecular formula is C18H21Cl2N5O. The maximum absolute atomic E-state index is 12.3. The smallest absolute Gasteiger partial charge is 0.234 e. The van der Waals surface area contributed by atoms with Crippen molar-refractivity contribution in [1.82, 2.24) is 20.2 Å². The topological polar surface area (TPSA) is 61.4 Å². The van der Waals surface area contributed by atoms with Crippen LogP contribution in [0.5, 0.6) is 0 Å². The predicted molar refractivity (Wildman–Crippen MR) is 104 cm³/mol. The van der Waals surface area contributed by atoms with Crippen molar-refractivity contribution in [2.24, 2.45) is 0 Å². The number of anilines is 1. The van der Waals surface area contributed by atoms with Crippen molar-refractivity contribution < 1.29 is 4.79 Å². The summed E-state index contributed by atoms with van der Waals surface area (Å²) >= 11 is 12.0. The summed E-state index contributed by atoms with van der Waals surface area (Å²) < 4.78 is 0. The second kappa shape index (κ2) is 8.66. The normalized spacial score (nSPS) is 16.3. The second-order valence-corrected chi connectivity index (χ2v) is 7.09. The van der Waals surface area contributed by atoms with Gasteiger partial charge in [-0.3, -0.25) is 9.69 Å². The van der Waals surface area contributed by atoms with Crippen LogP contribution < -0.4 is 10.2 Å². The molecule has 0 bridgehead atoms. The molecule has 2 heterocycles. The highest BCUT2D eigenvalue weighted by Gasteiger charge is 2.21. The molecule has 0 saturated carbocycles. The molecule has 0 unspecified atom stereocenters. The highest BCUT2D eigenvalue weighted by molar-refractivity contribution is 6.42. The Labute approximate surface area is 163 Å². The molecule has 1 aliphatic heterocycles. The molecule has 1 aromatic carbocycles. The van der Waals surface area contributed by atoms with E-state index in [1.165, 1.54) is 0 Å². The number of rotatable bonds is 5. The van der Waals surface area contributed by atoms with Crippen molar-refractivity contribution in [3.63, 3.8) is 0 Å². The fraction of sp³-hybridized carbons (Fsp3) is 0.389. The Morgan fingerprint density at radius 1 is 1.15 bits per heavy atom. The molecule has 0 spiro atoms. The van der Waals surface area contributed by atoms with Crippen LogP contribution in [0.15, 0.2) is 36.7 Å². The molecule has 2 aromatic rings. The van der Waals surface area contributed by atoms with Gasteiger partial charge in [-0.1, -0.05) is 29.3 Å². The number of nitrogens with one attached hydrogen (secondary N) is 1. The number of amides is 1. The molecule has 0 radical (unpaired) electrons. The van der Waals surface area contributed by atoms with Gasteiger partial charge in [-0.25, -0.2) is 9.97 Å². The summed E-state index contributed by atoms with van der Waals surface area (Å²) in [6.45, 7) is 5.51. The Balaban J connectivity index is 1.47. The van der Waals surface area contributed by atoms with E-state index in [2.05, 4.69) is 25.1 Å². The number of aromatic nitrogens is 2. The molecule has 1 amide bonds. The lowest BCUT2D eigenvalue weighted by Gasteiger charge is -2.34. The zero-order valence-electron chi connectivity index (χ0n) is 14.5. The van der Waals surface area contributed by atoms with Crippen molar-refractivity contribution in [1.29, 1.82) is 0 Å². The van der Waals surface area contributed by atoms with E-state index in [0.717, 1.165) is 37.7 Å². The number of benzene rings is 1. The highest BCUT2D eigenvalue weighted by atomic mass is 35.5. The van der Waals surface area contributed by atoms with Crippen LogP contribution in [0.3, 0.4) is 0 Å². The van der Waals surface area contributed by atoms with Crippen molar-refractivity contribution in [3.05, 3.63) is 52.3 Å². The molecule has 1 fully saturated rings. The SMILES string of the molecule is C[C@@H](NC(=O)CN1CCN(c2ncccn2)CC1)c1ccc(Cl)c(Cl)c1. The standard InChI is InChI=1S/C18H21Cl2N5O/c1-13(14-3-4-15(19)16(20)11-14)23-17(26)12-24-7-9-25(10-8-24)18-21-5-2-6-22-18/h2-6,11,13H,7-10,12H2,1H3,(H,23,26)/t13-/m1/s1. The third kappa shape index (κ3) is 4.84. The lowest BCUT2D eigenvalue weighted by molar-refractivity contribution is -0.123. The second-order valence-electron chi connectivity index (χ2n) is 6.27. The van der Waals surface area contributed by atoms with Crippen molar-refractivity contribution >= 4 is 35.1 Å². The van der Waals surface area contributed by atoms with Crippen LogP contribution in [0.1, 0.15) is 18.5 Å². The molecule has 26 heavy (non-hydrogen) atoms. The monoisotopic (exact) mass is 393 g/mol. The Bertz CT molecular complexity index is 751. The molecule has 1 aliphatic rings. The van der Waals surface area contributed by atoms with Crippen LogP contribution in [0.2, 0.25) is 10.0 Å². The molecular weight excluding hydrogens is 373 g/mol. The fourth-order valence-electron chi connectivity index (χ4n) is 2.92. The van der Waals surface area contributed by atoms with Crippen LogP contribution in [0, 0.1) is 0 Å². The molecule has 1 aromatic heterocycles. The van der Waals surface area contributed by atoms with Gasteiger partial charge < -0.3 is 10.2 Å². The van der Waals surface area contributed by atoms with Gasteiger partial charge in [0, 0.05) is 38.6 Å². The lowest BCUT2D eigenvalue weighted by Crippen LogP contribution is -2.50. The Hall–Kier alpha value is -1.89. The first kappa shape index (κ1) is 18.9. The van der Waals surface area contributed by atoms with Gasteiger partial charge in [0.05, 0.1) is 22.6 Å². The molecule has 3 rings (SSSR count). The van der Waals surface area contributed by atoms with Crippen molar-refractivity contribution in [3.8, 4) is 0 Å². The van der Waals surface area contributed by atoms with Crippen LogP contribution in [-0.4, -0.2) is 53.5 Å². The number of hydrogen-bond donors (Lipinski definition) is 1. The van der Waals surface area contributed by atoms with E-state index in [1.807, 2.05) is 13.0 Å². The summed E-state index contributed by atoms with van der Waals surface area (Å²) in [7, 11) is 0. The van der Waals surface area contributed by atoms with Gasteiger partial charge in [-0.15, -0.1) is 0 Å². The molecule has 6 nitrogen and oxygen atoms in total. The summed E-state index contributed by atoms with van der Waals surface area (Å²) in [5.41, 5.74) is 0.929. The van der Waals surface area contributed by atoms with Crippen LogP contribution in [0.4, 0.5) is 5.95 Å². The van der Waals surface area contributed by atoms with Gasteiger partial charge in [0.1, 0.15) is 0 Å². The van der Waals surface area contributed by atoms with E-state index in [1.54, 1.807) is 30.6 Å². The third-order valence-corrected chi connectivity index (χ3v) is 5.13. The fourth-order valence-corrected chi connectivity index (χ4v) is 3.22. The van der Waals surface area contributed by atoms with E-state index in [-0.39, 0.29) is 11.9 Å². The first-order valence-corrected chi connectivity index (χ1v) is 9.27. The van der Waals surface area contributed by atoms with Gasteiger partial charge in [0.2, 0.25) is 11.9 Å². The minimum absolute atomic E-state index is 0.00650. The predicted octanol–water partition coefficient (Wildman–Crippen LogP) is 2.78. The summed E-state index contributed by atoms with van der Waals surface area (Å²) in [4.78, 5) is 25.2. The van der Waals surface area contributed by atoms with Crippen LogP contribution in [0.25, 0.3) is 0 Å². The first-order chi connectivity index (χ1) is 12.5. The molecule has 1 saturated heterocycles. The van der Waals surface area contributed by atoms with Crippen molar-refractivity contribution in [2.45, 2.75) is 13.0 Å². The number of nitrogens with zero attached hydrogens (tertiary/aromatic N) is 4. The van der Waals surface area contributed by atoms with Crippen LogP contribution in [-0.2, 0) is 4.79 Å². The molecule has 1 N–H and O–H groups in total. The van der Waals surface area contributed by atoms with Gasteiger partial charge >= 0.3 is 0 Å². The first-order valence-electron chi connectivity index (χ1n) is 8.51. The van der Waals surface area contributed by atoms with Gasteiger partial charge in [0.25, 0.3) is 0 Å². The summed E-state index contributed by atoms with van der Waals surface area (Å²) in [5, 5.41) is 4.01. The maximum Gasteiger partial charge on any atom is 0.234 e. The Kier molecular flexibility index (Phi) is 6.29. The summed E-state index contributed by atoms with van der Waals surface area (Å²) in [6, 6.07) is 7.08. The van der Waals surface area contributed by atoms with Gasteiger partial charge in [-0.2, -0.15) is 0 Å². The van der Waals surface area contributed by atoms with E-state index in [0.29, 0.717) is 16.6 Å². The Morgan fingerprint density at radius 3 is 2.50 bits per heavy atom. The number of piperazine rings is 1. The van der Waals surface area contributed by atoms with E-state index >= 15 is 0 Å². The minimum Gasteiger partial charge on any atom is -0.348 e. The van der Waals surface area contributed by atoms with Gasteiger partial charge in [-0.05, 0) is 30.7 Å². The Morgan fingerprint density at radius 2 is 1.85 bits per heavy atom. The van der Waals surface area contributed by atoms with E-state index < -0.39 is 0 Å². The maximum atomic E-state index is 12.3. The van der Waals surface area contributed by atoms with Crippen LogP contribution >= 0.6 is 23.2 Å². The summed E-state index contributed by atoms with van der Waals surface area (Å²) in [5.74, 6) is 0.734. The quantitative estimate of drug-likeness (QED) is 0.845. The lowest BCUT2D eigenvalue weighted by atomic mass is 10.1. The average molecular weight is 394 g/mol. The van der Waals surface area contributed by atoms with Crippen molar-refractivity contribution in [2.75, 3.05) is 37.6 Å². The largest absolute Gasteiger partial charge is 0.348 e. The molecule has 0 aliphatic carbocycles. The average Bonchev–Trinajstić information content (AvgIpc) is 2.65. The number of carbonyl (C=O) groups excluding carboxylic acids is 1.